The standard InChI is InChI=1S/C91H178O17P2/c1-6-10-13-16-19-22-25-28-31-34-37-39-42-45-48-51-54-57-60-66-71-76-90(95)107-86(80-101-88(93)74-69-64-58-55-52-49-46-43-41-38-35-32-29-26-23-20-17-14-11-7-2)82-105-109(97,98)103-78-85(92)79-104-110(99,100)106-83-87(81-102-89(94)75-70-65-62-61-63-68-73-84(5)9-4)108-91(96)77-72-67-59-56-53-50-47-44-40-36-33-30-27-24-21-18-15-12-8-3/h84-87,92H,6-83H2,1-5H3,(H,97,98)(H,99,100)/t84?,85-,86-,87-/m1/s1. The summed E-state index contributed by atoms with van der Waals surface area (Å²) in [5.74, 6) is -1.37. The van der Waals surface area contributed by atoms with Gasteiger partial charge in [0.05, 0.1) is 26.4 Å². The molecule has 110 heavy (non-hydrogen) atoms. The molecule has 0 amide bonds. The Morgan fingerprint density at radius 1 is 0.255 bits per heavy atom. The minimum Gasteiger partial charge on any atom is -0.462 e. The van der Waals surface area contributed by atoms with Gasteiger partial charge in [-0.25, -0.2) is 9.13 Å². The van der Waals surface area contributed by atoms with Crippen molar-refractivity contribution in [2.24, 2.45) is 5.92 Å². The van der Waals surface area contributed by atoms with E-state index in [1.54, 1.807) is 0 Å². The zero-order valence-corrected chi connectivity index (χ0v) is 74.2. The predicted molar refractivity (Wildman–Crippen MR) is 455 cm³/mol. The van der Waals surface area contributed by atoms with Crippen molar-refractivity contribution in [3.63, 3.8) is 0 Å². The minimum atomic E-state index is -4.97. The summed E-state index contributed by atoms with van der Waals surface area (Å²) in [6.07, 6.45) is 79.4. The van der Waals surface area contributed by atoms with Crippen LogP contribution < -0.4 is 0 Å². The van der Waals surface area contributed by atoms with Crippen molar-refractivity contribution in [2.45, 2.75) is 515 Å². The Bertz CT molecular complexity index is 2080. The second-order valence-corrected chi connectivity index (χ2v) is 35.8. The van der Waals surface area contributed by atoms with E-state index in [0.29, 0.717) is 25.7 Å². The fourth-order valence-electron chi connectivity index (χ4n) is 14.3. The number of phosphoric ester groups is 2. The number of phosphoric acid groups is 2. The molecule has 0 fully saturated rings. The molecule has 0 radical (unpaired) electrons. The molecule has 0 rings (SSSR count). The van der Waals surface area contributed by atoms with E-state index >= 15 is 0 Å². The molecule has 0 heterocycles. The van der Waals surface area contributed by atoms with E-state index in [-0.39, 0.29) is 25.7 Å². The summed E-state index contributed by atoms with van der Waals surface area (Å²) in [5, 5.41) is 10.7. The largest absolute Gasteiger partial charge is 0.472 e. The van der Waals surface area contributed by atoms with Crippen molar-refractivity contribution in [1.29, 1.82) is 0 Å². The van der Waals surface area contributed by atoms with Crippen LogP contribution in [-0.2, 0) is 65.4 Å². The van der Waals surface area contributed by atoms with Gasteiger partial charge in [0.2, 0.25) is 0 Å². The third-order valence-electron chi connectivity index (χ3n) is 21.9. The number of aliphatic hydroxyl groups is 1. The van der Waals surface area contributed by atoms with Crippen LogP contribution in [-0.4, -0.2) is 96.7 Å². The van der Waals surface area contributed by atoms with Crippen LogP contribution in [0, 0.1) is 5.92 Å². The number of hydrogen-bond donors (Lipinski definition) is 3. The minimum absolute atomic E-state index is 0.108. The zero-order valence-electron chi connectivity index (χ0n) is 72.4. The lowest BCUT2D eigenvalue weighted by Crippen LogP contribution is -2.30. The lowest BCUT2D eigenvalue weighted by molar-refractivity contribution is -0.161. The van der Waals surface area contributed by atoms with Crippen LogP contribution in [0.1, 0.15) is 497 Å². The highest BCUT2D eigenvalue weighted by molar-refractivity contribution is 7.47. The topological polar surface area (TPSA) is 237 Å². The van der Waals surface area contributed by atoms with Crippen molar-refractivity contribution < 1.29 is 80.2 Å². The summed E-state index contributed by atoms with van der Waals surface area (Å²) in [6.45, 7) is 7.35. The Hall–Kier alpha value is -1.94. The first-order valence-electron chi connectivity index (χ1n) is 47.2. The zero-order chi connectivity index (χ0) is 80.4. The van der Waals surface area contributed by atoms with Crippen LogP contribution in [0.15, 0.2) is 0 Å². The number of aliphatic hydroxyl groups excluding tert-OH is 1. The third-order valence-corrected chi connectivity index (χ3v) is 23.8. The highest BCUT2D eigenvalue weighted by Crippen LogP contribution is 2.45. The average molecular weight is 1610 g/mol. The van der Waals surface area contributed by atoms with Crippen molar-refractivity contribution in [1.82, 2.24) is 0 Å². The third kappa shape index (κ3) is 82.6. The van der Waals surface area contributed by atoms with Gasteiger partial charge >= 0.3 is 39.5 Å². The molecule has 0 bridgehead atoms. The molecule has 3 unspecified atom stereocenters. The van der Waals surface area contributed by atoms with E-state index in [0.717, 1.165) is 102 Å². The van der Waals surface area contributed by atoms with E-state index in [1.807, 2.05) is 0 Å². The van der Waals surface area contributed by atoms with Crippen LogP contribution in [0.3, 0.4) is 0 Å². The Labute approximate surface area is 677 Å². The Morgan fingerprint density at radius 2 is 0.436 bits per heavy atom. The molecule has 0 spiro atoms. The normalized spacial score (nSPS) is 13.9. The molecule has 17 nitrogen and oxygen atoms in total. The first-order chi connectivity index (χ1) is 53.6. The molecule has 0 aliphatic carbocycles. The lowest BCUT2D eigenvalue weighted by atomic mass is 10.00. The molecule has 3 N–H and O–H groups in total. The number of hydrogen-bond acceptors (Lipinski definition) is 15. The second kappa shape index (κ2) is 83.5. The van der Waals surface area contributed by atoms with Crippen molar-refractivity contribution >= 4 is 39.5 Å². The molecule has 0 aromatic heterocycles. The maximum atomic E-state index is 13.2. The van der Waals surface area contributed by atoms with E-state index in [1.165, 1.54) is 315 Å². The van der Waals surface area contributed by atoms with Gasteiger partial charge in [-0.15, -0.1) is 0 Å². The number of rotatable bonds is 91. The Balaban J connectivity index is 5.21. The number of esters is 4. The number of ether oxygens (including phenoxy) is 4. The maximum Gasteiger partial charge on any atom is 0.472 e. The van der Waals surface area contributed by atoms with E-state index < -0.39 is 97.5 Å². The van der Waals surface area contributed by atoms with Crippen LogP contribution in [0.4, 0.5) is 0 Å². The summed E-state index contributed by atoms with van der Waals surface area (Å²) in [4.78, 5) is 73.4. The Kier molecular flexibility index (Phi) is 82.1. The summed E-state index contributed by atoms with van der Waals surface area (Å²) >= 11 is 0. The molecular weight excluding hydrogens is 1430 g/mol. The summed E-state index contributed by atoms with van der Waals surface area (Å²) in [6, 6.07) is 0. The van der Waals surface area contributed by atoms with Crippen molar-refractivity contribution in [3.05, 3.63) is 0 Å². The van der Waals surface area contributed by atoms with Crippen LogP contribution in [0.2, 0.25) is 0 Å². The van der Waals surface area contributed by atoms with Gasteiger partial charge in [-0.1, -0.05) is 446 Å². The first kappa shape index (κ1) is 108. The van der Waals surface area contributed by atoms with Crippen LogP contribution >= 0.6 is 15.6 Å². The number of carbonyl (C=O) groups is 4. The van der Waals surface area contributed by atoms with Gasteiger partial charge in [-0.05, 0) is 31.6 Å². The molecular formula is C91H178O17P2. The van der Waals surface area contributed by atoms with Crippen LogP contribution in [0.5, 0.6) is 0 Å². The molecule has 0 aromatic rings. The van der Waals surface area contributed by atoms with Gasteiger partial charge in [-0.2, -0.15) is 0 Å². The van der Waals surface area contributed by atoms with Crippen molar-refractivity contribution in [2.75, 3.05) is 39.6 Å². The number of unbranched alkanes of at least 4 members (excludes halogenated alkanes) is 62. The van der Waals surface area contributed by atoms with Crippen molar-refractivity contribution in [3.8, 4) is 0 Å². The monoisotopic (exact) mass is 1610 g/mol. The van der Waals surface area contributed by atoms with Gasteiger partial charge < -0.3 is 33.8 Å². The highest BCUT2D eigenvalue weighted by Gasteiger charge is 2.31. The van der Waals surface area contributed by atoms with Gasteiger partial charge in [0.1, 0.15) is 19.3 Å². The molecule has 0 aliphatic heterocycles. The molecule has 6 atom stereocenters. The maximum absolute atomic E-state index is 13.2. The van der Waals surface area contributed by atoms with Crippen LogP contribution in [0.25, 0.3) is 0 Å². The quantitative estimate of drug-likeness (QED) is 0.0222. The molecule has 0 aromatic carbocycles. The molecule has 0 saturated carbocycles. The predicted octanol–water partition coefficient (Wildman–Crippen LogP) is 28.3. The molecule has 19 heteroatoms. The Morgan fingerprint density at radius 3 is 0.645 bits per heavy atom. The average Bonchev–Trinajstić information content (AvgIpc) is 0.899. The highest BCUT2D eigenvalue weighted by atomic mass is 31.2. The van der Waals surface area contributed by atoms with Gasteiger partial charge in [0.15, 0.2) is 12.2 Å². The summed E-state index contributed by atoms with van der Waals surface area (Å²) < 4.78 is 69.0. The second-order valence-electron chi connectivity index (χ2n) is 32.9. The fraction of sp³-hybridized carbons (Fsp3) is 0.956. The summed E-state index contributed by atoms with van der Waals surface area (Å²) in [7, 11) is -9.93. The van der Waals surface area contributed by atoms with Gasteiger partial charge in [0.25, 0.3) is 0 Å². The smallest absolute Gasteiger partial charge is 0.462 e. The SMILES string of the molecule is CCCCCCCCCCCCCCCCCCCCCCCC(=O)O[C@H](COC(=O)CCCCCCCCCCCCCCCCCCCCCC)COP(=O)(O)OC[C@@H](O)COP(=O)(O)OC[C@@H](COC(=O)CCCCCCCCC(C)CC)OC(=O)CCCCCCCCCCCCCCCCCCCCC. The van der Waals surface area contributed by atoms with Gasteiger partial charge in [-0.3, -0.25) is 37.3 Å². The molecule has 0 aliphatic rings. The first-order valence-corrected chi connectivity index (χ1v) is 50.2. The molecule has 0 saturated heterocycles. The van der Waals surface area contributed by atoms with E-state index in [4.69, 9.17) is 37.0 Å². The fourth-order valence-corrected chi connectivity index (χ4v) is 15.9. The number of carbonyl (C=O) groups excluding carboxylic acids is 4. The van der Waals surface area contributed by atoms with E-state index in [9.17, 15) is 43.2 Å². The molecule has 654 valence electrons. The van der Waals surface area contributed by atoms with Gasteiger partial charge in [0, 0.05) is 25.7 Å². The lowest BCUT2D eigenvalue weighted by Gasteiger charge is -2.21. The van der Waals surface area contributed by atoms with E-state index in [2.05, 4.69) is 34.6 Å². The summed E-state index contributed by atoms with van der Waals surface area (Å²) in [5.41, 5.74) is 0.